The van der Waals surface area contributed by atoms with Crippen molar-refractivity contribution in [3.8, 4) is 0 Å². The van der Waals surface area contributed by atoms with E-state index in [9.17, 15) is 4.79 Å². The van der Waals surface area contributed by atoms with Crippen LogP contribution in [-0.4, -0.2) is 51.9 Å². The standard InChI is InChI=1S/C12H20N4O2/c1-15-5-3-4-9(15)6-13-8-11-10(12(17)18)7-14-16(11)2/h7,9,13H,3-6,8H2,1-2H3,(H,17,18). The molecule has 1 aromatic heterocycles. The predicted octanol–water partition coefficient (Wildman–Crippen LogP) is 0.302. The maximum atomic E-state index is 11.0. The van der Waals surface area contributed by atoms with Crippen molar-refractivity contribution in [3.63, 3.8) is 0 Å². The number of nitrogens with one attached hydrogen (secondary N) is 1. The van der Waals surface area contributed by atoms with E-state index in [2.05, 4.69) is 22.4 Å². The largest absolute Gasteiger partial charge is 0.478 e. The van der Waals surface area contributed by atoms with Gasteiger partial charge in [0.2, 0.25) is 0 Å². The topological polar surface area (TPSA) is 70.4 Å². The lowest BCUT2D eigenvalue weighted by Crippen LogP contribution is -2.35. The van der Waals surface area contributed by atoms with Gasteiger partial charge < -0.3 is 15.3 Å². The lowest BCUT2D eigenvalue weighted by Gasteiger charge is -2.19. The molecule has 1 aliphatic rings. The SMILES string of the molecule is CN1CCCC1CNCc1c(C(=O)O)cnn1C. The van der Waals surface area contributed by atoms with E-state index in [1.165, 1.54) is 19.0 Å². The molecule has 0 aliphatic carbocycles. The number of likely N-dealkylation sites (N-methyl/N-ethyl adjacent to an activating group) is 1. The number of aromatic nitrogens is 2. The van der Waals surface area contributed by atoms with Gasteiger partial charge in [-0.3, -0.25) is 4.68 Å². The van der Waals surface area contributed by atoms with Crippen molar-refractivity contribution in [1.29, 1.82) is 0 Å². The van der Waals surface area contributed by atoms with Gasteiger partial charge in [0.05, 0.1) is 11.9 Å². The maximum Gasteiger partial charge on any atom is 0.339 e. The van der Waals surface area contributed by atoms with Gasteiger partial charge in [-0.05, 0) is 26.4 Å². The molecule has 2 heterocycles. The van der Waals surface area contributed by atoms with Crippen molar-refractivity contribution in [2.45, 2.75) is 25.4 Å². The van der Waals surface area contributed by atoms with Gasteiger partial charge in [0.15, 0.2) is 0 Å². The third-order valence-corrected chi connectivity index (χ3v) is 3.64. The quantitative estimate of drug-likeness (QED) is 0.789. The van der Waals surface area contributed by atoms with E-state index in [1.54, 1.807) is 11.7 Å². The lowest BCUT2D eigenvalue weighted by molar-refractivity contribution is 0.0695. The van der Waals surface area contributed by atoms with Crippen molar-refractivity contribution in [1.82, 2.24) is 20.0 Å². The fraction of sp³-hybridized carbons (Fsp3) is 0.667. The molecule has 1 atom stereocenters. The molecule has 0 bridgehead atoms. The Bertz CT molecular complexity index is 430. The molecule has 2 rings (SSSR count). The van der Waals surface area contributed by atoms with Crippen LogP contribution in [0.5, 0.6) is 0 Å². The van der Waals surface area contributed by atoms with Crippen LogP contribution in [0.15, 0.2) is 6.20 Å². The Morgan fingerprint density at radius 2 is 2.39 bits per heavy atom. The molecule has 0 amide bonds. The molecule has 6 heteroatoms. The Morgan fingerprint density at radius 1 is 1.61 bits per heavy atom. The zero-order chi connectivity index (χ0) is 13.1. The summed E-state index contributed by atoms with van der Waals surface area (Å²) >= 11 is 0. The van der Waals surface area contributed by atoms with E-state index in [4.69, 9.17) is 5.11 Å². The second-order valence-corrected chi connectivity index (χ2v) is 4.84. The van der Waals surface area contributed by atoms with E-state index in [-0.39, 0.29) is 5.56 Å². The maximum absolute atomic E-state index is 11.0. The van der Waals surface area contributed by atoms with Crippen molar-refractivity contribution in [2.75, 3.05) is 20.1 Å². The highest BCUT2D eigenvalue weighted by molar-refractivity contribution is 5.88. The molecule has 18 heavy (non-hydrogen) atoms. The summed E-state index contributed by atoms with van der Waals surface area (Å²) in [7, 11) is 3.90. The summed E-state index contributed by atoms with van der Waals surface area (Å²) in [4.78, 5) is 13.4. The highest BCUT2D eigenvalue weighted by Crippen LogP contribution is 2.14. The monoisotopic (exact) mass is 252 g/mol. The minimum absolute atomic E-state index is 0.282. The first-order chi connectivity index (χ1) is 8.59. The summed E-state index contributed by atoms with van der Waals surface area (Å²) in [6.45, 7) is 2.58. The molecule has 6 nitrogen and oxygen atoms in total. The van der Waals surface area contributed by atoms with E-state index in [0.717, 1.165) is 18.8 Å². The van der Waals surface area contributed by atoms with Gasteiger partial charge in [-0.25, -0.2) is 4.79 Å². The first-order valence-electron chi connectivity index (χ1n) is 6.24. The van der Waals surface area contributed by atoms with Crippen LogP contribution in [0.2, 0.25) is 0 Å². The van der Waals surface area contributed by atoms with Crippen molar-refractivity contribution in [2.24, 2.45) is 7.05 Å². The van der Waals surface area contributed by atoms with Crippen LogP contribution in [0, 0.1) is 0 Å². The molecule has 1 aromatic rings. The summed E-state index contributed by atoms with van der Waals surface area (Å²) in [5, 5.41) is 16.4. The molecule has 100 valence electrons. The van der Waals surface area contributed by atoms with Gasteiger partial charge in [-0.15, -0.1) is 0 Å². The zero-order valence-corrected chi connectivity index (χ0v) is 10.9. The van der Waals surface area contributed by atoms with Crippen LogP contribution >= 0.6 is 0 Å². The third-order valence-electron chi connectivity index (χ3n) is 3.64. The highest BCUT2D eigenvalue weighted by Gasteiger charge is 2.21. The third kappa shape index (κ3) is 2.70. The minimum atomic E-state index is -0.919. The molecule has 0 radical (unpaired) electrons. The Balaban J connectivity index is 1.90. The number of nitrogens with zero attached hydrogens (tertiary/aromatic N) is 3. The predicted molar refractivity (Wildman–Crippen MR) is 67.5 cm³/mol. The number of carbonyl (C=O) groups is 1. The molecule has 1 saturated heterocycles. The Kier molecular flexibility index (Phi) is 3.98. The molecule has 2 N–H and O–H groups in total. The van der Waals surface area contributed by atoms with Crippen LogP contribution in [0.3, 0.4) is 0 Å². The average Bonchev–Trinajstić information content (AvgIpc) is 2.87. The molecular formula is C12H20N4O2. The number of rotatable bonds is 5. The van der Waals surface area contributed by atoms with Crippen LogP contribution in [0.1, 0.15) is 28.9 Å². The Labute approximate surface area is 107 Å². The van der Waals surface area contributed by atoms with Gasteiger partial charge in [0.25, 0.3) is 0 Å². The number of likely N-dealkylation sites (tertiary alicyclic amines) is 1. The van der Waals surface area contributed by atoms with Gasteiger partial charge in [-0.1, -0.05) is 0 Å². The van der Waals surface area contributed by atoms with Gasteiger partial charge >= 0.3 is 5.97 Å². The van der Waals surface area contributed by atoms with Gasteiger partial charge in [0.1, 0.15) is 5.56 Å². The van der Waals surface area contributed by atoms with Crippen molar-refractivity contribution >= 4 is 5.97 Å². The molecule has 0 aromatic carbocycles. The van der Waals surface area contributed by atoms with E-state index < -0.39 is 5.97 Å². The molecular weight excluding hydrogens is 232 g/mol. The molecule has 1 fully saturated rings. The fourth-order valence-corrected chi connectivity index (χ4v) is 2.45. The van der Waals surface area contributed by atoms with Gasteiger partial charge in [-0.2, -0.15) is 5.10 Å². The molecule has 1 unspecified atom stereocenters. The number of carboxylic acid groups (broad SMARTS) is 1. The number of carboxylic acids is 1. The van der Waals surface area contributed by atoms with E-state index in [1.807, 2.05) is 0 Å². The number of aryl methyl sites for hydroxylation is 1. The number of hydrogen-bond donors (Lipinski definition) is 2. The lowest BCUT2D eigenvalue weighted by atomic mass is 10.2. The first-order valence-corrected chi connectivity index (χ1v) is 6.24. The fourth-order valence-electron chi connectivity index (χ4n) is 2.45. The molecule has 0 spiro atoms. The van der Waals surface area contributed by atoms with Crippen molar-refractivity contribution in [3.05, 3.63) is 17.5 Å². The van der Waals surface area contributed by atoms with E-state index in [0.29, 0.717) is 12.6 Å². The van der Waals surface area contributed by atoms with Crippen LogP contribution in [0.25, 0.3) is 0 Å². The first kappa shape index (κ1) is 13.0. The zero-order valence-electron chi connectivity index (χ0n) is 10.9. The number of hydrogen-bond acceptors (Lipinski definition) is 4. The second kappa shape index (κ2) is 5.49. The van der Waals surface area contributed by atoms with Crippen LogP contribution in [0.4, 0.5) is 0 Å². The Hall–Kier alpha value is -1.40. The van der Waals surface area contributed by atoms with Crippen LogP contribution < -0.4 is 5.32 Å². The van der Waals surface area contributed by atoms with Crippen LogP contribution in [-0.2, 0) is 13.6 Å². The summed E-state index contributed by atoms with van der Waals surface area (Å²) in [6, 6.07) is 0.562. The summed E-state index contributed by atoms with van der Waals surface area (Å²) in [6.07, 6.45) is 3.86. The second-order valence-electron chi connectivity index (χ2n) is 4.84. The highest BCUT2D eigenvalue weighted by atomic mass is 16.4. The molecule has 1 aliphatic heterocycles. The minimum Gasteiger partial charge on any atom is -0.478 e. The normalized spacial score (nSPS) is 20.4. The summed E-state index contributed by atoms with van der Waals surface area (Å²) in [5.41, 5.74) is 1.01. The average molecular weight is 252 g/mol. The molecule has 0 saturated carbocycles. The van der Waals surface area contributed by atoms with Crippen molar-refractivity contribution < 1.29 is 9.90 Å². The summed E-state index contributed by atoms with van der Waals surface area (Å²) in [5.74, 6) is -0.919. The Morgan fingerprint density at radius 3 is 3.00 bits per heavy atom. The van der Waals surface area contributed by atoms with E-state index >= 15 is 0 Å². The summed E-state index contributed by atoms with van der Waals surface area (Å²) < 4.78 is 1.62. The number of aromatic carboxylic acids is 1. The smallest absolute Gasteiger partial charge is 0.339 e. The van der Waals surface area contributed by atoms with Gasteiger partial charge in [0, 0.05) is 26.2 Å².